The van der Waals surface area contributed by atoms with Crippen molar-refractivity contribution in [2.24, 2.45) is 5.73 Å². The highest BCUT2D eigenvalue weighted by Gasteiger charge is 2.14. The van der Waals surface area contributed by atoms with Gasteiger partial charge in [-0.15, -0.1) is 0 Å². The van der Waals surface area contributed by atoms with Crippen molar-refractivity contribution in [2.45, 2.75) is 26.4 Å². The predicted molar refractivity (Wildman–Crippen MR) is 86.4 cm³/mol. The Labute approximate surface area is 126 Å². The molecule has 2 N–H and O–H groups in total. The van der Waals surface area contributed by atoms with Gasteiger partial charge in [-0.05, 0) is 51.3 Å². The van der Waals surface area contributed by atoms with Gasteiger partial charge in [-0.3, -0.25) is 4.90 Å². The third-order valence-electron chi connectivity index (χ3n) is 3.29. The summed E-state index contributed by atoms with van der Waals surface area (Å²) >= 11 is 4.92. The summed E-state index contributed by atoms with van der Waals surface area (Å²) in [6, 6.07) is 5.20. The summed E-state index contributed by atoms with van der Waals surface area (Å²) in [5.74, 6) is -0.290. The van der Waals surface area contributed by atoms with E-state index in [0.717, 1.165) is 18.7 Å². The van der Waals surface area contributed by atoms with Crippen LogP contribution in [0.3, 0.4) is 0 Å². The lowest BCUT2D eigenvalue weighted by Crippen LogP contribution is -2.39. The number of rotatable bonds is 7. The first-order chi connectivity index (χ1) is 9.33. The molecular weight excluding hydrogens is 273 g/mol. The average molecular weight is 297 g/mol. The Morgan fingerprint density at radius 3 is 2.50 bits per heavy atom. The fourth-order valence-corrected chi connectivity index (χ4v) is 2.46. The number of thiocarbonyl (C=S) groups is 1. The Balaban J connectivity index is 2.86. The first-order valence-corrected chi connectivity index (χ1v) is 7.22. The third-order valence-corrected chi connectivity index (χ3v) is 3.52. The Bertz CT molecular complexity index is 462. The second-order valence-corrected chi connectivity index (χ2v) is 5.83. The largest absolute Gasteiger partial charge is 0.389 e. The fraction of sp³-hybridized carbons (Fsp3) is 0.533. The van der Waals surface area contributed by atoms with Gasteiger partial charge in [-0.25, -0.2) is 4.39 Å². The second-order valence-electron chi connectivity index (χ2n) is 5.39. The van der Waals surface area contributed by atoms with Gasteiger partial charge < -0.3 is 10.6 Å². The molecule has 1 aromatic rings. The summed E-state index contributed by atoms with van der Waals surface area (Å²) in [4.78, 5) is 4.69. The molecule has 0 amide bonds. The van der Waals surface area contributed by atoms with E-state index in [1.54, 1.807) is 6.07 Å². The van der Waals surface area contributed by atoms with Crippen molar-refractivity contribution in [3.05, 3.63) is 35.1 Å². The molecule has 3 nitrogen and oxygen atoms in total. The van der Waals surface area contributed by atoms with Gasteiger partial charge in [0.15, 0.2) is 0 Å². The number of hydrogen-bond donors (Lipinski definition) is 1. The fourth-order valence-electron chi connectivity index (χ4n) is 2.34. The summed E-state index contributed by atoms with van der Waals surface area (Å²) in [5, 5.41) is 0. The zero-order valence-electron chi connectivity index (χ0n) is 12.7. The van der Waals surface area contributed by atoms with Crippen LogP contribution in [0.5, 0.6) is 0 Å². The lowest BCUT2D eigenvalue weighted by atomic mass is 10.1. The summed E-state index contributed by atoms with van der Waals surface area (Å²) in [6.45, 7) is 6.86. The molecule has 0 aromatic heterocycles. The first-order valence-electron chi connectivity index (χ1n) is 6.81. The number of halogens is 1. The van der Waals surface area contributed by atoms with E-state index < -0.39 is 0 Å². The molecular formula is C15H24FN3S. The molecule has 0 aliphatic rings. The summed E-state index contributed by atoms with van der Waals surface area (Å²) in [7, 11) is 4.11. The number of likely N-dealkylation sites (N-methyl/N-ethyl adjacent to an activating group) is 2. The zero-order chi connectivity index (χ0) is 15.3. The number of hydrogen-bond acceptors (Lipinski definition) is 3. The van der Waals surface area contributed by atoms with Crippen LogP contribution < -0.4 is 5.73 Å². The first kappa shape index (κ1) is 17.0. The van der Waals surface area contributed by atoms with Crippen LogP contribution in [-0.2, 0) is 6.54 Å². The molecule has 20 heavy (non-hydrogen) atoms. The maximum Gasteiger partial charge on any atom is 0.124 e. The van der Waals surface area contributed by atoms with Crippen molar-refractivity contribution in [1.29, 1.82) is 0 Å². The molecule has 5 heteroatoms. The Hall–Kier alpha value is -1.04. The summed E-state index contributed by atoms with van der Waals surface area (Å²) in [6.07, 6.45) is 0. The molecule has 112 valence electrons. The number of benzene rings is 1. The van der Waals surface area contributed by atoms with E-state index in [2.05, 4.69) is 37.7 Å². The van der Waals surface area contributed by atoms with Crippen molar-refractivity contribution >= 4 is 17.2 Å². The minimum Gasteiger partial charge on any atom is -0.389 e. The lowest BCUT2D eigenvalue weighted by molar-refractivity contribution is 0.174. The van der Waals surface area contributed by atoms with Crippen LogP contribution >= 0.6 is 12.2 Å². The van der Waals surface area contributed by atoms with E-state index in [-0.39, 0.29) is 10.8 Å². The normalized spacial score (nSPS) is 12.9. The van der Waals surface area contributed by atoms with Gasteiger partial charge >= 0.3 is 0 Å². The predicted octanol–water partition coefficient (Wildman–Crippen LogP) is 2.23. The Morgan fingerprint density at radius 2 is 2.00 bits per heavy atom. The van der Waals surface area contributed by atoms with E-state index in [9.17, 15) is 4.39 Å². The maximum atomic E-state index is 13.6. The van der Waals surface area contributed by atoms with Crippen LogP contribution in [-0.4, -0.2) is 48.0 Å². The highest BCUT2D eigenvalue weighted by molar-refractivity contribution is 7.80. The monoisotopic (exact) mass is 297 g/mol. The third kappa shape index (κ3) is 5.15. The van der Waals surface area contributed by atoms with Crippen LogP contribution in [0, 0.1) is 5.82 Å². The van der Waals surface area contributed by atoms with Crippen molar-refractivity contribution in [1.82, 2.24) is 9.80 Å². The molecule has 1 rings (SSSR count). The quantitative estimate of drug-likeness (QED) is 0.782. The molecule has 0 heterocycles. The number of nitrogens with zero attached hydrogens (tertiary/aromatic N) is 2. The molecule has 0 saturated carbocycles. The Kier molecular flexibility index (Phi) is 6.52. The van der Waals surface area contributed by atoms with Gasteiger partial charge in [0.05, 0.1) is 0 Å². The van der Waals surface area contributed by atoms with Crippen molar-refractivity contribution in [2.75, 3.05) is 27.2 Å². The summed E-state index contributed by atoms with van der Waals surface area (Å²) < 4.78 is 13.6. The van der Waals surface area contributed by atoms with Crippen molar-refractivity contribution in [3.63, 3.8) is 0 Å². The summed E-state index contributed by atoms with van der Waals surface area (Å²) in [5.41, 5.74) is 7.08. The van der Waals surface area contributed by atoms with Crippen LogP contribution in [0.1, 0.15) is 25.0 Å². The topological polar surface area (TPSA) is 32.5 Å². The van der Waals surface area contributed by atoms with Crippen LogP contribution in [0.15, 0.2) is 18.2 Å². The van der Waals surface area contributed by atoms with E-state index in [1.165, 1.54) is 6.07 Å². The molecule has 0 saturated heterocycles. The minimum absolute atomic E-state index is 0.232. The van der Waals surface area contributed by atoms with Crippen LogP contribution in [0.2, 0.25) is 0 Å². The molecule has 0 fully saturated rings. The van der Waals surface area contributed by atoms with Gasteiger partial charge in [0.1, 0.15) is 10.8 Å². The van der Waals surface area contributed by atoms with E-state index in [0.29, 0.717) is 18.2 Å². The smallest absolute Gasteiger partial charge is 0.124 e. The van der Waals surface area contributed by atoms with Gasteiger partial charge in [-0.1, -0.05) is 19.1 Å². The lowest BCUT2D eigenvalue weighted by Gasteiger charge is -2.30. The molecule has 0 radical (unpaired) electrons. The standard InChI is InChI=1S/C15H24FN3S/c1-5-19(11(2)9-18(3)4)10-12-6-13(15(17)20)8-14(16)7-12/h6-8,11H,5,9-10H2,1-4H3,(H2,17,20). The molecule has 0 bridgehead atoms. The number of nitrogens with two attached hydrogens (primary N) is 1. The van der Waals surface area contributed by atoms with E-state index in [4.69, 9.17) is 18.0 Å². The van der Waals surface area contributed by atoms with E-state index >= 15 is 0 Å². The van der Waals surface area contributed by atoms with Gasteiger partial charge in [0.25, 0.3) is 0 Å². The molecule has 1 unspecified atom stereocenters. The van der Waals surface area contributed by atoms with Crippen LogP contribution in [0.25, 0.3) is 0 Å². The average Bonchev–Trinajstić information content (AvgIpc) is 2.34. The second kappa shape index (κ2) is 7.67. The van der Waals surface area contributed by atoms with Gasteiger partial charge in [0, 0.05) is 24.7 Å². The molecule has 1 atom stereocenters. The highest BCUT2D eigenvalue weighted by Crippen LogP contribution is 2.13. The molecule has 0 aliphatic heterocycles. The Morgan fingerprint density at radius 1 is 1.35 bits per heavy atom. The SMILES string of the molecule is CCN(Cc1cc(F)cc(C(N)=S)c1)C(C)CN(C)C. The molecule has 0 aliphatic carbocycles. The zero-order valence-corrected chi connectivity index (χ0v) is 13.5. The van der Waals surface area contributed by atoms with Gasteiger partial charge in [0.2, 0.25) is 0 Å². The highest BCUT2D eigenvalue weighted by atomic mass is 32.1. The molecule has 1 aromatic carbocycles. The van der Waals surface area contributed by atoms with E-state index in [1.807, 2.05) is 6.07 Å². The minimum atomic E-state index is -0.290. The van der Waals surface area contributed by atoms with Crippen molar-refractivity contribution < 1.29 is 4.39 Å². The molecule has 0 spiro atoms. The van der Waals surface area contributed by atoms with Crippen molar-refractivity contribution in [3.8, 4) is 0 Å². The van der Waals surface area contributed by atoms with Gasteiger partial charge in [-0.2, -0.15) is 0 Å². The maximum absolute atomic E-state index is 13.6. The van der Waals surface area contributed by atoms with Crippen LogP contribution in [0.4, 0.5) is 4.39 Å².